The number of hydrogen-bond donors (Lipinski definition) is 4. The summed E-state index contributed by atoms with van der Waals surface area (Å²) in [6.45, 7) is 5.58. The second-order valence-corrected chi connectivity index (χ2v) is 17.3. The lowest BCUT2D eigenvalue weighted by atomic mass is 10.0. The van der Waals surface area contributed by atoms with Crippen molar-refractivity contribution in [2.24, 2.45) is 5.92 Å². The van der Waals surface area contributed by atoms with Crippen molar-refractivity contribution in [2.45, 2.75) is 126 Å². The summed E-state index contributed by atoms with van der Waals surface area (Å²) in [5.74, 6) is -2.52. The van der Waals surface area contributed by atoms with Gasteiger partial charge in [-0.3, -0.25) is 24.0 Å². The number of anilines is 1. The van der Waals surface area contributed by atoms with E-state index in [0.717, 1.165) is 24.0 Å². The van der Waals surface area contributed by atoms with Gasteiger partial charge in [-0.2, -0.15) is 0 Å². The second-order valence-electron chi connectivity index (χ2n) is 15.3. The first-order valence-electron chi connectivity index (χ1n) is 17.7. The number of rotatable bonds is 5. The van der Waals surface area contributed by atoms with Gasteiger partial charge in [0.1, 0.15) is 29.3 Å². The van der Waals surface area contributed by atoms with E-state index in [1.807, 2.05) is 18.2 Å². The highest BCUT2D eigenvalue weighted by Crippen LogP contribution is 2.46. The second kappa shape index (κ2) is 14.0. The fourth-order valence-electron chi connectivity index (χ4n) is 7.06. The maximum atomic E-state index is 14.3. The van der Waals surface area contributed by atoms with Crippen molar-refractivity contribution in [2.75, 3.05) is 12.3 Å². The van der Waals surface area contributed by atoms with Crippen LogP contribution in [0.5, 0.6) is 0 Å². The van der Waals surface area contributed by atoms with Crippen LogP contribution in [0, 0.1) is 5.92 Å². The van der Waals surface area contributed by atoms with Gasteiger partial charge in [-0.15, -0.1) is 0 Å². The molecular formula is C35H48N6O9S. The van der Waals surface area contributed by atoms with Crippen molar-refractivity contribution in [3.8, 4) is 0 Å². The normalized spacial score (nSPS) is 28.3. The molecule has 0 unspecified atom stereocenters. The number of nitrogens with two attached hydrogens (primary N) is 1. The molecule has 16 heteroatoms. The quantitative estimate of drug-likeness (QED) is 0.258. The van der Waals surface area contributed by atoms with E-state index in [4.69, 9.17) is 15.2 Å². The zero-order valence-electron chi connectivity index (χ0n) is 29.3. The van der Waals surface area contributed by atoms with E-state index in [0.29, 0.717) is 37.9 Å². The lowest BCUT2D eigenvalue weighted by Crippen LogP contribution is -2.58. The minimum absolute atomic E-state index is 0.0746. The summed E-state index contributed by atoms with van der Waals surface area (Å²) >= 11 is 0. The summed E-state index contributed by atoms with van der Waals surface area (Å²) in [4.78, 5) is 71.1. The molecule has 1 aromatic rings. The number of carbonyl (C=O) groups is 5. The molecule has 0 aromatic heterocycles. The average molecular weight is 729 g/mol. The predicted octanol–water partition coefficient (Wildman–Crippen LogP) is 2.59. The number of nitrogens with one attached hydrogen (secondary N) is 3. The Bertz CT molecular complexity index is 1720. The van der Waals surface area contributed by atoms with Crippen LogP contribution in [0.25, 0.3) is 0 Å². The maximum absolute atomic E-state index is 14.3. The van der Waals surface area contributed by atoms with E-state index in [-0.39, 0.29) is 32.4 Å². The van der Waals surface area contributed by atoms with E-state index in [1.54, 1.807) is 32.9 Å². The molecule has 5 amide bonds. The largest absolute Gasteiger partial charge is 0.444 e. The number of amides is 5. The molecule has 2 saturated carbocycles. The van der Waals surface area contributed by atoms with Crippen LogP contribution in [0.3, 0.4) is 0 Å². The van der Waals surface area contributed by atoms with E-state index in [2.05, 4.69) is 15.4 Å². The van der Waals surface area contributed by atoms with E-state index in [9.17, 15) is 32.4 Å². The zero-order valence-corrected chi connectivity index (χ0v) is 30.1. The van der Waals surface area contributed by atoms with Gasteiger partial charge >= 0.3 is 12.2 Å². The van der Waals surface area contributed by atoms with Gasteiger partial charge in [0.05, 0.1) is 11.8 Å². The molecule has 51 heavy (non-hydrogen) atoms. The molecule has 5 atom stereocenters. The van der Waals surface area contributed by atoms with Crippen molar-refractivity contribution in [3.63, 3.8) is 0 Å². The highest BCUT2D eigenvalue weighted by Gasteiger charge is 2.62. The topological polar surface area (TPSA) is 207 Å². The molecule has 15 nitrogen and oxygen atoms in total. The van der Waals surface area contributed by atoms with Crippen LogP contribution < -0.4 is 21.1 Å². The lowest BCUT2D eigenvalue weighted by Gasteiger charge is -2.30. The zero-order chi connectivity index (χ0) is 36.7. The Balaban J connectivity index is 1.25. The third kappa shape index (κ3) is 8.42. The number of ether oxygens (including phenoxy) is 2. The first kappa shape index (κ1) is 36.5. The number of fused-ring (bicyclic) bond motifs is 3. The number of sulfonamides is 1. The molecule has 278 valence electrons. The van der Waals surface area contributed by atoms with Crippen molar-refractivity contribution in [3.05, 3.63) is 41.5 Å². The number of benzene rings is 1. The van der Waals surface area contributed by atoms with Crippen LogP contribution in [-0.4, -0.2) is 89.2 Å². The first-order chi connectivity index (χ1) is 24.0. The van der Waals surface area contributed by atoms with Crippen molar-refractivity contribution >= 4 is 45.6 Å². The third-order valence-corrected chi connectivity index (χ3v) is 11.8. The first-order valence-corrected chi connectivity index (χ1v) is 19.3. The Morgan fingerprint density at radius 2 is 1.78 bits per heavy atom. The molecule has 5 aliphatic rings. The monoisotopic (exact) mass is 728 g/mol. The lowest BCUT2D eigenvalue weighted by molar-refractivity contribution is -0.141. The van der Waals surface area contributed by atoms with Gasteiger partial charge in [-0.25, -0.2) is 18.0 Å². The molecule has 0 spiro atoms. The number of alkyl carbamates (subject to hydrolysis) is 1. The number of hydrogen-bond acceptors (Lipinski definition) is 10. The summed E-state index contributed by atoms with van der Waals surface area (Å²) < 4.78 is 39.0. The molecule has 1 aromatic carbocycles. The van der Waals surface area contributed by atoms with Crippen LogP contribution in [0.1, 0.15) is 89.7 Å². The van der Waals surface area contributed by atoms with Gasteiger partial charge in [0.2, 0.25) is 21.8 Å². The molecule has 5 N–H and O–H groups in total. The van der Waals surface area contributed by atoms with Crippen LogP contribution >= 0.6 is 0 Å². The Kier molecular flexibility index (Phi) is 10.0. The number of carbonyl (C=O) groups excluding carboxylic acids is 5. The highest BCUT2D eigenvalue weighted by molar-refractivity contribution is 7.91. The molecule has 1 saturated heterocycles. The predicted molar refractivity (Wildman–Crippen MR) is 185 cm³/mol. The van der Waals surface area contributed by atoms with Crippen molar-refractivity contribution in [1.29, 1.82) is 0 Å². The minimum atomic E-state index is -3.90. The van der Waals surface area contributed by atoms with Crippen LogP contribution in [-0.2, 0) is 47.0 Å². The highest BCUT2D eigenvalue weighted by atomic mass is 32.2. The van der Waals surface area contributed by atoms with Gasteiger partial charge in [-0.1, -0.05) is 31.1 Å². The van der Waals surface area contributed by atoms with Crippen LogP contribution in [0.2, 0.25) is 0 Å². The molecule has 6 rings (SSSR count). The van der Waals surface area contributed by atoms with E-state index >= 15 is 0 Å². The summed E-state index contributed by atoms with van der Waals surface area (Å²) in [6, 6.07) is 3.19. The van der Waals surface area contributed by atoms with Crippen molar-refractivity contribution < 1.29 is 41.9 Å². The Hall–Kier alpha value is -4.34. The summed E-state index contributed by atoms with van der Waals surface area (Å²) in [5.41, 5.74) is 5.99. The number of nitrogen functional groups attached to an aromatic ring is 1. The molecule has 0 radical (unpaired) electrons. The standard InChI is InChI=1S/C35H48N6O9S/c1-34(2,3)50-32(45)37-27-10-8-6-4-5-7-9-23-17-35(23,31(44)39-51(47,48)26-13-14-26)38-29(42)28-16-25(20-41(28)30(27)43)49-33(46)40-18-21-11-12-24(36)15-22(21)19-40/h7,9,11-12,15,23,25-28H,4-6,8,10,13-14,16-20,36H2,1-3H3,(H,37,45)(H,38,42)(H,39,44)/t23-,25-,27+,28+,35-/m1/s1. The Morgan fingerprint density at radius 1 is 1.04 bits per heavy atom. The van der Waals surface area contributed by atoms with Gasteiger partial charge < -0.3 is 30.7 Å². The summed E-state index contributed by atoms with van der Waals surface area (Å²) in [5, 5.41) is 4.86. The Morgan fingerprint density at radius 3 is 2.51 bits per heavy atom. The Labute approximate surface area is 298 Å². The SMILES string of the molecule is CC(C)(C)OC(=O)N[C@H]1CCCCCC=C[C@@H]2C[C@@]2(C(=O)NS(=O)(=O)C2CC2)NC(=O)[C@@H]2C[C@@H](OC(=O)N3Cc4ccc(N)cc4C3)CN2C1=O. The van der Waals surface area contributed by atoms with Gasteiger partial charge in [0.15, 0.2) is 0 Å². The summed E-state index contributed by atoms with van der Waals surface area (Å²) in [7, 11) is -3.90. The van der Waals surface area contributed by atoms with Crippen LogP contribution in [0.15, 0.2) is 30.4 Å². The molecule has 3 aliphatic heterocycles. The smallest absolute Gasteiger partial charge is 0.410 e. The molecule has 0 bridgehead atoms. The number of nitrogens with zero attached hydrogens (tertiary/aromatic N) is 2. The molecule has 3 fully saturated rings. The van der Waals surface area contributed by atoms with E-state index in [1.165, 1.54) is 9.80 Å². The summed E-state index contributed by atoms with van der Waals surface area (Å²) in [6.07, 6.45) is 5.55. The average Bonchev–Trinajstić information content (AvgIpc) is 3.93. The van der Waals surface area contributed by atoms with Gasteiger partial charge in [-0.05, 0) is 82.6 Å². The van der Waals surface area contributed by atoms with Gasteiger partial charge in [0, 0.05) is 31.1 Å². The molecular weight excluding hydrogens is 680 g/mol. The van der Waals surface area contributed by atoms with E-state index < -0.39 is 80.4 Å². The fourth-order valence-corrected chi connectivity index (χ4v) is 8.42. The van der Waals surface area contributed by atoms with Crippen LogP contribution in [0.4, 0.5) is 15.3 Å². The third-order valence-electron chi connectivity index (χ3n) is 10.0. The van der Waals surface area contributed by atoms with Crippen molar-refractivity contribution in [1.82, 2.24) is 25.2 Å². The molecule has 3 heterocycles. The number of allylic oxidation sites excluding steroid dienone is 1. The minimum Gasteiger partial charge on any atom is -0.444 e. The maximum Gasteiger partial charge on any atom is 0.410 e. The molecule has 2 aliphatic carbocycles. The fraction of sp³-hybridized carbons (Fsp3) is 0.629. The van der Waals surface area contributed by atoms with Gasteiger partial charge in [0.25, 0.3) is 5.91 Å².